The van der Waals surface area contributed by atoms with E-state index in [4.69, 9.17) is 5.73 Å². The molecular formula is C9H15N5S. The summed E-state index contributed by atoms with van der Waals surface area (Å²) in [5.74, 6) is 0.805. The first-order valence-electron chi connectivity index (χ1n) is 5.03. The highest BCUT2D eigenvalue weighted by molar-refractivity contribution is 7.16. The van der Waals surface area contributed by atoms with Crippen LogP contribution in [-0.2, 0) is 5.54 Å². The Morgan fingerprint density at radius 2 is 2.20 bits per heavy atom. The quantitative estimate of drug-likeness (QED) is 0.858. The molecule has 6 heteroatoms. The zero-order chi connectivity index (χ0) is 11.1. The lowest BCUT2D eigenvalue weighted by molar-refractivity contribution is 0.439. The summed E-state index contributed by atoms with van der Waals surface area (Å²) in [5.41, 5.74) is 5.85. The Labute approximate surface area is 92.3 Å². The fourth-order valence-electron chi connectivity index (χ4n) is 1.57. The smallest absolute Gasteiger partial charge is 0.234 e. The van der Waals surface area contributed by atoms with Crippen molar-refractivity contribution in [2.45, 2.75) is 39.2 Å². The van der Waals surface area contributed by atoms with E-state index in [2.05, 4.69) is 22.2 Å². The molecule has 0 fully saturated rings. The van der Waals surface area contributed by atoms with Gasteiger partial charge in [-0.05, 0) is 20.3 Å². The molecule has 0 saturated carbocycles. The summed E-state index contributed by atoms with van der Waals surface area (Å²) in [6.45, 7) is 6.02. The molecule has 2 rings (SSSR count). The highest BCUT2D eigenvalue weighted by Gasteiger charge is 2.25. The Hall–Kier alpha value is -1.01. The highest BCUT2D eigenvalue weighted by Crippen LogP contribution is 2.27. The molecule has 0 amide bonds. The van der Waals surface area contributed by atoms with Crippen molar-refractivity contribution >= 4 is 16.3 Å². The lowest BCUT2D eigenvalue weighted by atomic mass is 9.99. The van der Waals surface area contributed by atoms with Crippen LogP contribution in [0.25, 0.3) is 4.96 Å². The number of aromatic nitrogens is 4. The van der Waals surface area contributed by atoms with Crippen molar-refractivity contribution in [1.29, 1.82) is 0 Å². The summed E-state index contributed by atoms with van der Waals surface area (Å²) in [6.07, 6.45) is 1.97. The van der Waals surface area contributed by atoms with Crippen LogP contribution in [0.2, 0.25) is 0 Å². The van der Waals surface area contributed by atoms with Crippen LogP contribution >= 0.6 is 11.3 Å². The van der Waals surface area contributed by atoms with Gasteiger partial charge in [0.05, 0.1) is 5.54 Å². The third-order valence-corrected chi connectivity index (χ3v) is 3.58. The summed E-state index contributed by atoms with van der Waals surface area (Å²) in [5, 5.41) is 13.3. The van der Waals surface area contributed by atoms with Gasteiger partial charge in [0.1, 0.15) is 5.01 Å². The summed E-state index contributed by atoms with van der Waals surface area (Å²) in [4.78, 5) is 0.815. The lowest BCUT2D eigenvalue weighted by Gasteiger charge is -2.19. The maximum absolute atomic E-state index is 6.21. The molecule has 1 atom stereocenters. The molecule has 2 aromatic heterocycles. The van der Waals surface area contributed by atoms with Crippen molar-refractivity contribution in [2.75, 3.05) is 0 Å². The van der Waals surface area contributed by atoms with Crippen LogP contribution in [0.4, 0.5) is 0 Å². The molecule has 0 aromatic carbocycles. The van der Waals surface area contributed by atoms with E-state index in [0.717, 1.165) is 28.6 Å². The molecule has 0 saturated heterocycles. The van der Waals surface area contributed by atoms with Crippen molar-refractivity contribution in [3.05, 3.63) is 10.8 Å². The van der Waals surface area contributed by atoms with Gasteiger partial charge < -0.3 is 5.73 Å². The average Bonchev–Trinajstić information content (AvgIpc) is 2.69. The van der Waals surface area contributed by atoms with Gasteiger partial charge >= 0.3 is 0 Å². The predicted molar refractivity (Wildman–Crippen MR) is 59.8 cm³/mol. The van der Waals surface area contributed by atoms with E-state index in [9.17, 15) is 0 Å². The molecule has 2 N–H and O–H groups in total. The summed E-state index contributed by atoms with van der Waals surface area (Å²) >= 11 is 1.52. The molecule has 2 heterocycles. The zero-order valence-corrected chi connectivity index (χ0v) is 10.0. The van der Waals surface area contributed by atoms with Crippen molar-refractivity contribution in [1.82, 2.24) is 19.8 Å². The van der Waals surface area contributed by atoms with Gasteiger partial charge in [0.25, 0.3) is 0 Å². The third-order valence-electron chi connectivity index (χ3n) is 2.40. The first-order valence-corrected chi connectivity index (χ1v) is 5.84. The maximum atomic E-state index is 6.21. The average molecular weight is 225 g/mol. The highest BCUT2D eigenvalue weighted by atomic mass is 32.1. The number of fused-ring (bicyclic) bond motifs is 1. The number of hydrogen-bond acceptors (Lipinski definition) is 5. The largest absolute Gasteiger partial charge is 0.320 e. The molecule has 0 aliphatic heterocycles. The van der Waals surface area contributed by atoms with Gasteiger partial charge in [0.2, 0.25) is 4.96 Å². The Morgan fingerprint density at radius 1 is 1.47 bits per heavy atom. The van der Waals surface area contributed by atoms with E-state index in [1.54, 1.807) is 4.52 Å². The standard InChI is InChI=1S/C9H15N5S/c1-4-5-9(3,10)7-13-14-6(2)11-12-8(14)15-7/h4-5,10H2,1-3H3. The molecule has 0 aliphatic rings. The van der Waals surface area contributed by atoms with Crippen LogP contribution in [0.1, 0.15) is 37.5 Å². The van der Waals surface area contributed by atoms with Crippen LogP contribution < -0.4 is 5.73 Å². The molecule has 0 radical (unpaired) electrons. The molecule has 1 unspecified atom stereocenters. The molecular weight excluding hydrogens is 210 g/mol. The second-order valence-electron chi connectivity index (χ2n) is 4.02. The lowest BCUT2D eigenvalue weighted by Crippen LogP contribution is -2.32. The topological polar surface area (TPSA) is 69.1 Å². The van der Waals surface area contributed by atoms with Gasteiger partial charge in [-0.3, -0.25) is 0 Å². The van der Waals surface area contributed by atoms with E-state index in [1.165, 1.54) is 11.3 Å². The molecule has 0 bridgehead atoms. The molecule has 0 spiro atoms. The predicted octanol–water partition coefficient (Wildman–Crippen LogP) is 1.47. The van der Waals surface area contributed by atoms with Gasteiger partial charge in [0, 0.05) is 0 Å². The normalized spacial score (nSPS) is 15.7. The van der Waals surface area contributed by atoms with Gasteiger partial charge in [-0.25, -0.2) is 0 Å². The van der Waals surface area contributed by atoms with Crippen molar-refractivity contribution in [3.8, 4) is 0 Å². The van der Waals surface area contributed by atoms with E-state index < -0.39 is 0 Å². The van der Waals surface area contributed by atoms with Crippen LogP contribution in [0.3, 0.4) is 0 Å². The second kappa shape index (κ2) is 3.53. The first kappa shape index (κ1) is 10.5. The van der Waals surface area contributed by atoms with Crippen molar-refractivity contribution < 1.29 is 0 Å². The zero-order valence-electron chi connectivity index (χ0n) is 9.19. The maximum Gasteiger partial charge on any atom is 0.234 e. The number of hydrogen-bond donors (Lipinski definition) is 1. The fraction of sp³-hybridized carbons (Fsp3) is 0.667. The number of rotatable bonds is 3. The minimum atomic E-state index is -0.355. The van der Waals surface area contributed by atoms with Gasteiger partial charge in [-0.2, -0.15) is 9.61 Å². The summed E-state index contributed by atoms with van der Waals surface area (Å²) < 4.78 is 1.75. The molecule has 2 aromatic rings. The van der Waals surface area contributed by atoms with E-state index >= 15 is 0 Å². The first-order chi connectivity index (χ1) is 7.04. The summed E-state index contributed by atoms with van der Waals surface area (Å²) in [7, 11) is 0. The number of nitrogens with zero attached hydrogens (tertiary/aromatic N) is 4. The number of nitrogens with two attached hydrogens (primary N) is 1. The molecule has 15 heavy (non-hydrogen) atoms. The van der Waals surface area contributed by atoms with Gasteiger partial charge in [0.15, 0.2) is 5.82 Å². The Morgan fingerprint density at radius 3 is 2.80 bits per heavy atom. The van der Waals surface area contributed by atoms with Crippen molar-refractivity contribution in [2.24, 2.45) is 5.73 Å². The second-order valence-corrected chi connectivity index (χ2v) is 4.97. The van der Waals surface area contributed by atoms with Crippen LogP contribution in [0.5, 0.6) is 0 Å². The minimum Gasteiger partial charge on any atom is -0.320 e. The summed E-state index contributed by atoms with van der Waals surface area (Å²) in [6, 6.07) is 0. The van der Waals surface area contributed by atoms with Crippen molar-refractivity contribution in [3.63, 3.8) is 0 Å². The van der Waals surface area contributed by atoms with E-state index in [1.807, 2.05) is 13.8 Å². The Bertz CT molecular complexity index is 470. The van der Waals surface area contributed by atoms with E-state index in [0.29, 0.717) is 0 Å². The van der Waals surface area contributed by atoms with Crippen LogP contribution in [-0.4, -0.2) is 19.8 Å². The SMILES string of the molecule is CCCC(C)(N)c1nn2c(C)nnc2s1. The van der Waals surface area contributed by atoms with Gasteiger partial charge in [-0.15, -0.1) is 10.2 Å². The van der Waals surface area contributed by atoms with Crippen LogP contribution in [0, 0.1) is 6.92 Å². The fourth-order valence-corrected chi connectivity index (χ4v) is 2.54. The molecule has 82 valence electrons. The number of aryl methyl sites for hydroxylation is 1. The minimum absolute atomic E-state index is 0.355. The van der Waals surface area contributed by atoms with E-state index in [-0.39, 0.29) is 5.54 Å². The molecule has 5 nitrogen and oxygen atoms in total. The van der Waals surface area contributed by atoms with Gasteiger partial charge in [-0.1, -0.05) is 24.7 Å². The monoisotopic (exact) mass is 225 g/mol. The molecule has 0 aliphatic carbocycles. The third kappa shape index (κ3) is 1.74. The Balaban J connectivity index is 2.44. The Kier molecular flexibility index (Phi) is 2.47. The van der Waals surface area contributed by atoms with Crippen LogP contribution in [0.15, 0.2) is 0 Å².